The summed E-state index contributed by atoms with van der Waals surface area (Å²) in [4.78, 5) is 10.4. The summed E-state index contributed by atoms with van der Waals surface area (Å²) in [6.45, 7) is 2.10. The number of allylic oxidation sites excluding steroid dienone is 3. The van der Waals surface area contributed by atoms with Crippen LogP contribution < -0.4 is 0 Å². The van der Waals surface area contributed by atoms with Crippen molar-refractivity contribution >= 4 is 5.97 Å². The molecule has 0 heterocycles. The molecule has 27 heavy (non-hydrogen) atoms. The van der Waals surface area contributed by atoms with Crippen LogP contribution in [0.3, 0.4) is 0 Å². The van der Waals surface area contributed by atoms with Gasteiger partial charge in [-0.3, -0.25) is 4.79 Å². The maximum atomic E-state index is 10.4. The molecule has 5 nitrogen and oxygen atoms in total. The highest BCUT2D eigenvalue weighted by Gasteiger charge is 2.13. The summed E-state index contributed by atoms with van der Waals surface area (Å²) in [6.07, 6.45) is 17.4. The number of unbranched alkanes of at least 4 members (excludes halogenated alkanes) is 5. The smallest absolute Gasteiger partial charge is 0.303 e. The monoisotopic (exact) mass is 382 g/mol. The fraction of sp³-hybridized carbons (Fsp3) is 0.682. The maximum absolute atomic E-state index is 10.4. The number of aliphatic hydroxyl groups excluding tert-OH is 3. The first-order chi connectivity index (χ1) is 13.0. The first-order valence-corrected chi connectivity index (χ1v) is 10.2. The molecule has 0 rings (SSSR count). The van der Waals surface area contributed by atoms with Gasteiger partial charge in [-0.25, -0.2) is 0 Å². The number of aliphatic hydroxyl groups is 3. The predicted octanol–water partition coefficient (Wildman–Crippen LogP) is 4.13. The summed E-state index contributed by atoms with van der Waals surface area (Å²) in [5.74, 6) is -0.743. The molecule has 0 aromatic carbocycles. The Morgan fingerprint density at radius 1 is 0.852 bits per heavy atom. The molecule has 4 N–H and O–H groups in total. The minimum absolute atomic E-state index is 0.232. The molecule has 0 saturated carbocycles. The van der Waals surface area contributed by atoms with Crippen LogP contribution in [0.5, 0.6) is 0 Å². The van der Waals surface area contributed by atoms with Crippen LogP contribution in [0.4, 0.5) is 0 Å². The molecule has 0 saturated heterocycles. The van der Waals surface area contributed by atoms with E-state index < -0.39 is 24.3 Å². The van der Waals surface area contributed by atoms with Crippen LogP contribution in [0, 0.1) is 0 Å². The van der Waals surface area contributed by atoms with Gasteiger partial charge in [0.15, 0.2) is 0 Å². The second-order valence-electron chi connectivity index (χ2n) is 6.95. The van der Waals surface area contributed by atoms with Gasteiger partial charge in [-0.05, 0) is 38.5 Å². The third kappa shape index (κ3) is 17.7. The van der Waals surface area contributed by atoms with Crippen molar-refractivity contribution < 1.29 is 25.2 Å². The quantitative estimate of drug-likeness (QED) is 0.172. The van der Waals surface area contributed by atoms with E-state index in [1.165, 1.54) is 0 Å². The number of carboxylic acids is 1. The molecule has 0 spiro atoms. The first-order valence-electron chi connectivity index (χ1n) is 10.2. The molecule has 156 valence electrons. The van der Waals surface area contributed by atoms with E-state index >= 15 is 0 Å². The minimum atomic E-state index is -0.743. The molecule has 5 heteroatoms. The molecule has 3 atom stereocenters. The Morgan fingerprint density at radius 2 is 1.63 bits per heavy atom. The van der Waals surface area contributed by atoms with Crippen LogP contribution in [-0.4, -0.2) is 44.7 Å². The fourth-order valence-corrected chi connectivity index (χ4v) is 2.59. The van der Waals surface area contributed by atoms with Gasteiger partial charge in [0, 0.05) is 6.42 Å². The standard InChI is InChI=1S/C22H38O5/c1-2-3-9-16-20(24)21(25)17-12-8-11-15-19(23)14-10-6-4-5-7-13-18-22(26)27/h6,8,10-12,15,19-21,23-25H,2-5,7,9,13-14,16-18H2,1H3,(H,26,27)/b10-6+,12-8+,15-11+. The molecule has 0 aromatic heterocycles. The summed E-state index contributed by atoms with van der Waals surface area (Å²) in [7, 11) is 0. The predicted molar refractivity (Wildman–Crippen MR) is 110 cm³/mol. The molecule has 0 aromatic rings. The zero-order valence-corrected chi connectivity index (χ0v) is 16.7. The van der Waals surface area contributed by atoms with Crippen molar-refractivity contribution in [2.75, 3.05) is 0 Å². The highest BCUT2D eigenvalue weighted by molar-refractivity contribution is 5.66. The van der Waals surface area contributed by atoms with E-state index in [1.54, 1.807) is 24.3 Å². The molecule has 0 bridgehead atoms. The second kappa shape index (κ2) is 18.0. The summed E-state index contributed by atoms with van der Waals surface area (Å²) in [5.41, 5.74) is 0. The van der Waals surface area contributed by atoms with E-state index in [2.05, 4.69) is 6.92 Å². The van der Waals surface area contributed by atoms with E-state index in [-0.39, 0.29) is 6.42 Å². The minimum Gasteiger partial charge on any atom is -0.481 e. The average molecular weight is 383 g/mol. The molecule has 0 fully saturated rings. The lowest BCUT2D eigenvalue weighted by atomic mass is 10.0. The molecule has 0 amide bonds. The van der Waals surface area contributed by atoms with Crippen molar-refractivity contribution in [3.05, 3.63) is 36.5 Å². The third-order valence-corrected chi connectivity index (χ3v) is 4.31. The Labute approximate surface area is 164 Å². The number of carbonyl (C=O) groups is 1. The number of rotatable bonds is 17. The summed E-state index contributed by atoms with van der Waals surface area (Å²) in [5, 5.41) is 38.1. The molecule has 0 aliphatic carbocycles. The number of aliphatic carboxylic acids is 1. The van der Waals surface area contributed by atoms with Crippen molar-refractivity contribution in [2.24, 2.45) is 0 Å². The lowest BCUT2D eigenvalue weighted by Crippen LogP contribution is -2.25. The number of hydrogen-bond acceptors (Lipinski definition) is 4. The molecule has 0 aliphatic rings. The van der Waals surface area contributed by atoms with Crippen molar-refractivity contribution in [2.45, 2.75) is 95.9 Å². The van der Waals surface area contributed by atoms with E-state index in [1.807, 2.05) is 12.2 Å². The van der Waals surface area contributed by atoms with Gasteiger partial charge in [0.2, 0.25) is 0 Å². The summed E-state index contributed by atoms with van der Waals surface area (Å²) >= 11 is 0. The van der Waals surface area contributed by atoms with Crippen LogP contribution in [0.1, 0.15) is 77.6 Å². The van der Waals surface area contributed by atoms with Gasteiger partial charge in [0.25, 0.3) is 0 Å². The van der Waals surface area contributed by atoms with Crippen LogP contribution in [0.25, 0.3) is 0 Å². The van der Waals surface area contributed by atoms with E-state index in [0.29, 0.717) is 25.7 Å². The Morgan fingerprint density at radius 3 is 2.33 bits per heavy atom. The van der Waals surface area contributed by atoms with Gasteiger partial charge in [0.1, 0.15) is 0 Å². The maximum Gasteiger partial charge on any atom is 0.303 e. The highest BCUT2D eigenvalue weighted by atomic mass is 16.4. The lowest BCUT2D eigenvalue weighted by molar-refractivity contribution is -0.137. The van der Waals surface area contributed by atoms with Gasteiger partial charge in [-0.1, -0.05) is 69.1 Å². The van der Waals surface area contributed by atoms with E-state index in [4.69, 9.17) is 5.11 Å². The van der Waals surface area contributed by atoms with Crippen molar-refractivity contribution in [1.82, 2.24) is 0 Å². The second-order valence-corrected chi connectivity index (χ2v) is 6.95. The van der Waals surface area contributed by atoms with Crippen molar-refractivity contribution in [3.8, 4) is 0 Å². The average Bonchev–Trinajstić information content (AvgIpc) is 2.63. The lowest BCUT2D eigenvalue weighted by Gasteiger charge is -2.15. The zero-order chi connectivity index (χ0) is 20.3. The number of hydrogen-bond donors (Lipinski definition) is 4. The highest BCUT2D eigenvalue weighted by Crippen LogP contribution is 2.10. The summed E-state index contributed by atoms with van der Waals surface area (Å²) in [6, 6.07) is 0. The molecular formula is C22H38O5. The molecule has 3 unspecified atom stereocenters. The Kier molecular flexibility index (Phi) is 17.0. The molecule has 0 radical (unpaired) electrons. The van der Waals surface area contributed by atoms with Gasteiger partial charge in [-0.2, -0.15) is 0 Å². The third-order valence-electron chi connectivity index (χ3n) is 4.31. The topological polar surface area (TPSA) is 98.0 Å². The van der Waals surface area contributed by atoms with Gasteiger partial charge in [-0.15, -0.1) is 0 Å². The first kappa shape index (κ1) is 25.6. The van der Waals surface area contributed by atoms with Gasteiger partial charge < -0.3 is 20.4 Å². The van der Waals surface area contributed by atoms with Crippen LogP contribution in [-0.2, 0) is 4.79 Å². The van der Waals surface area contributed by atoms with Crippen LogP contribution in [0.15, 0.2) is 36.5 Å². The zero-order valence-electron chi connectivity index (χ0n) is 16.7. The molecular weight excluding hydrogens is 344 g/mol. The van der Waals surface area contributed by atoms with Gasteiger partial charge in [0.05, 0.1) is 18.3 Å². The SMILES string of the molecule is CCCCCC(O)C(O)C/C=C/C=C/C(O)C/C=C/CCCCCC(=O)O. The van der Waals surface area contributed by atoms with Gasteiger partial charge >= 0.3 is 5.97 Å². The Bertz CT molecular complexity index is 442. The van der Waals surface area contributed by atoms with Crippen LogP contribution in [0.2, 0.25) is 0 Å². The fourth-order valence-electron chi connectivity index (χ4n) is 2.59. The Balaban J connectivity index is 3.77. The number of carboxylic acid groups (broad SMARTS) is 1. The van der Waals surface area contributed by atoms with Crippen molar-refractivity contribution in [1.29, 1.82) is 0 Å². The Hall–Kier alpha value is -1.43. The molecule has 0 aliphatic heterocycles. The normalized spacial score (nSPS) is 15.7. The van der Waals surface area contributed by atoms with E-state index in [0.717, 1.165) is 38.5 Å². The van der Waals surface area contributed by atoms with E-state index in [9.17, 15) is 20.1 Å². The summed E-state index contributed by atoms with van der Waals surface area (Å²) < 4.78 is 0. The van der Waals surface area contributed by atoms with Crippen LogP contribution >= 0.6 is 0 Å². The largest absolute Gasteiger partial charge is 0.481 e. The van der Waals surface area contributed by atoms with Crippen molar-refractivity contribution in [3.63, 3.8) is 0 Å².